The molecule has 0 atom stereocenters. The van der Waals surface area contributed by atoms with Crippen LogP contribution < -0.4 is 4.90 Å². The molecule has 3 rings (SSSR count). The molecule has 0 bridgehead atoms. The van der Waals surface area contributed by atoms with Gasteiger partial charge in [0.15, 0.2) is 0 Å². The molecule has 2 aromatic carbocycles. The molecule has 1 radical (unpaired) electrons. The summed E-state index contributed by atoms with van der Waals surface area (Å²) >= 11 is -0.956. The summed E-state index contributed by atoms with van der Waals surface area (Å²) in [6.45, 7) is 2.90. The van der Waals surface area contributed by atoms with Crippen molar-refractivity contribution in [3.8, 4) is 11.8 Å². The van der Waals surface area contributed by atoms with Crippen LogP contribution in [0.25, 0.3) is 0 Å². The molecule has 0 spiro atoms. The number of hydrogen-bond donors (Lipinski definition) is 0. The maximum atomic E-state index is 13.0. The summed E-state index contributed by atoms with van der Waals surface area (Å²) in [5.41, 5.74) is 4.07. The van der Waals surface area contributed by atoms with Crippen molar-refractivity contribution in [2.45, 2.75) is 18.8 Å². The predicted molar refractivity (Wildman–Crippen MR) is 116 cm³/mol. The van der Waals surface area contributed by atoms with Crippen LogP contribution in [0, 0.1) is 11.8 Å². The number of para-hydroxylation sites is 1. The van der Waals surface area contributed by atoms with E-state index in [-0.39, 0.29) is 15.2 Å². The molecule has 2 aromatic rings. The van der Waals surface area contributed by atoms with E-state index in [9.17, 15) is 4.79 Å². The van der Waals surface area contributed by atoms with Crippen molar-refractivity contribution in [3.63, 3.8) is 0 Å². The van der Waals surface area contributed by atoms with Gasteiger partial charge in [-0.3, -0.25) is 0 Å². The second-order valence-corrected chi connectivity index (χ2v) is 14.2. The molecule has 0 aliphatic carbocycles. The molecule has 127 valence electrons. The third-order valence-corrected chi connectivity index (χ3v) is 11.8. The number of amides is 1. The van der Waals surface area contributed by atoms with E-state index in [0.717, 1.165) is 27.7 Å². The normalized spacial score (nSPS) is 12.7. The fourth-order valence-electron chi connectivity index (χ4n) is 2.79. The van der Waals surface area contributed by atoms with E-state index in [1.165, 1.54) is 8.86 Å². The molecule has 0 saturated heterocycles. The third kappa shape index (κ3) is 4.67. The second kappa shape index (κ2) is 8.90. The van der Waals surface area contributed by atoms with Gasteiger partial charge in [-0.1, -0.05) is 0 Å². The molecule has 1 amide bonds. The Kier molecular flexibility index (Phi) is 6.59. The van der Waals surface area contributed by atoms with Crippen molar-refractivity contribution in [2.75, 3.05) is 18.7 Å². The van der Waals surface area contributed by atoms with Crippen LogP contribution in [0.3, 0.4) is 0 Å². The fourth-order valence-corrected chi connectivity index (χ4v) is 8.86. The van der Waals surface area contributed by atoms with E-state index >= 15 is 0 Å². The summed E-state index contributed by atoms with van der Waals surface area (Å²) in [4.78, 5) is 17.4. The van der Waals surface area contributed by atoms with E-state index in [1.54, 1.807) is 0 Å². The number of alkyl halides is 3. The monoisotopic (exact) mass is 458 g/mol. The van der Waals surface area contributed by atoms with Crippen molar-refractivity contribution in [1.29, 1.82) is 0 Å². The molecule has 0 aromatic heterocycles. The number of anilines is 1. The molecule has 0 N–H and O–H groups in total. The summed E-state index contributed by atoms with van der Waals surface area (Å²) in [6, 6.07) is 16.2. The Morgan fingerprint density at radius 1 is 1.12 bits per heavy atom. The Morgan fingerprint density at radius 2 is 1.80 bits per heavy atom. The zero-order valence-corrected chi connectivity index (χ0v) is 18.1. The SMILES string of the molecule is CCI(C)C[CH2][Al][C](=O)N1Cc2ccccc2C#Cc2ccccc21. The summed E-state index contributed by atoms with van der Waals surface area (Å²) in [5.74, 6) is 6.53. The minimum atomic E-state index is -0.758. The first-order chi connectivity index (χ1) is 12.2. The van der Waals surface area contributed by atoms with Gasteiger partial charge in [-0.05, 0) is 0 Å². The van der Waals surface area contributed by atoms with E-state index in [4.69, 9.17) is 0 Å². The van der Waals surface area contributed by atoms with Gasteiger partial charge in [0, 0.05) is 0 Å². The van der Waals surface area contributed by atoms with Gasteiger partial charge in [0.2, 0.25) is 0 Å². The second-order valence-electron chi connectivity index (χ2n) is 6.02. The average molecular weight is 458 g/mol. The molecule has 4 heteroatoms. The number of halogens is 1. The number of hydrogen-bond acceptors (Lipinski definition) is 1. The molecular weight excluding hydrogens is 436 g/mol. The van der Waals surface area contributed by atoms with Crippen molar-refractivity contribution in [2.24, 2.45) is 0 Å². The van der Waals surface area contributed by atoms with Crippen LogP contribution in [0.2, 0.25) is 5.28 Å². The van der Waals surface area contributed by atoms with Crippen molar-refractivity contribution < 1.29 is 4.79 Å². The Labute approximate surface area is 164 Å². The fraction of sp³-hybridized carbons (Fsp3) is 0.286. The van der Waals surface area contributed by atoms with Crippen LogP contribution in [0.1, 0.15) is 23.6 Å². The standard InChI is InChI=1S/C16H10NO.C5H12I.Al/c18-12-17-11-15-7-2-1-5-13(15)9-10-14-6-3-4-8-16(14)17;1-4-6(3)5-2;/h1-8H,11H2;1,4-5H2,2-3H3;. The van der Waals surface area contributed by atoms with Crippen LogP contribution in [0.5, 0.6) is 0 Å². The van der Waals surface area contributed by atoms with Crippen molar-refractivity contribution in [1.82, 2.24) is 0 Å². The molecule has 1 aliphatic rings. The van der Waals surface area contributed by atoms with Crippen LogP contribution in [0.4, 0.5) is 10.5 Å². The number of benzene rings is 2. The maximum absolute atomic E-state index is 13.0. The summed E-state index contributed by atoms with van der Waals surface area (Å²) in [7, 11) is 0. The molecule has 0 saturated carbocycles. The first-order valence-corrected chi connectivity index (χ1v) is 15.1. The van der Waals surface area contributed by atoms with Crippen molar-refractivity contribution in [3.05, 3.63) is 65.2 Å². The van der Waals surface area contributed by atoms with Gasteiger partial charge in [0.1, 0.15) is 0 Å². The topological polar surface area (TPSA) is 20.3 Å². The van der Waals surface area contributed by atoms with Gasteiger partial charge in [-0.15, -0.1) is 0 Å². The Morgan fingerprint density at radius 3 is 2.60 bits per heavy atom. The molecule has 25 heavy (non-hydrogen) atoms. The first-order valence-electron chi connectivity index (χ1n) is 8.54. The quantitative estimate of drug-likeness (QED) is 0.273. The molecule has 2 nitrogen and oxygen atoms in total. The van der Waals surface area contributed by atoms with Crippen LogP contribution >= 0.6 is 19.8 Å². The van der Waals surface area contributed by atoms with Gasteiger partial charge < -0.3 is 0 Å². The van der Waals surface area contributed by atoms with Gasteiger partial charge in [-0.25, -0.2) is 0 Å². The van der Waals surface area contributed by atoms with Crippen LogP contribution in [-0.2, 0) is 6.54 Å². The first kappa shape index (κ1) is 18.5. The van der Waals surface area contributed by atoms with E-state index < -0.39 is 19.8 Å². The molecule has 0 fully saturated rings. The van der Waals surface area contributed by atoms with E-state index in [2.05, 4.69) is 29.8 Å². The zero-order chi connectivity index (χ0) is 17.6. The molecule has 0 unspecified atom stereocenters. The van der Waals surface area contributed by atoms with Gasteiger partial charge in [0.25, 0.3) is 0 Å². The summed E-state index contributed by atoms with van der Waals surface area (Å²) in [6.07, 6.45) is 0. The summed E-state index contributed by atoms with van der Waals surface area (Å²) < 4.78 is 2.94. The van der Waals surface area contributed by atoms with E-state index in [1.807, 2.05) is 47.4 Å². The van der Waals surface area contributed by atoms with Crippen LogP contribution in [0.15, 0.2) is 48.5 Å². The Hall–Kier alpha value is -1.27. The van der Waals surface area contributed by atoms with Gasteiger partial charge in [-0.2, -0.15) is 0 Å². The molecule has 1 heterocycles. The van der Waals surface area contributed by atoms with Gasteiger partial charge >= 0.3 is 165 Å². The van der Waals surface area contributed by atoms with Gasteiger partial charge in [0.05, 0.1) is 0 Å². The molecule has 1 aliphatic heterocycles. The number of carbonyl (C=O) groups excluding carboxylic acids is 1. The van der Waals surface area contributed by atoms with Crippen molar-refractivity contribution >= 4 is 45.5 Å². The Balaban J connectivity index is 1.88. The number of rotatable bonds is 5. The number of carbonyl (C=O) groups is 1. The zero-order valence-electron chi connectivity index (χ0n) is 14.8. The Bertz CT molecular complexity index is 824. The predicted octanol–water partition coefficient (Wildman–Crippen LogP) is 4.81. The number of fused-ring (bicyclic) bond motifs is 2. The van der Waals surface area contributed by atoms with Crippen LogP contribution in [-0.4, -0.2) is 33.8 Å². The minimum absolute atomic E-state index is 0.198. The molecular formula is C21H22AlINO. The van der Waals surface area contributed by atoms with E-state index in [0.29, 0.717) is 11.3 Å². The average Bonchev–Trinajstić information content (AvgIpc) is 2.63. The third-order valence-electron chi connectivity index (χ3n) is 4.35. The number of nitrogens with zero attached hydrogens (tertiary/aromatic N) is 1. The summed E-state index contributed by atoms with van der Waals surface area (Å²) in [5, 5.41) is 1.10.